The second-order valence-corrected chi connectivity index (χ2v) is 5.35. The molecule has 0 aromatic carbocycles. The zero-order valence-corrected chi connectivity index (χ0v) is 11.4. The van der Waals surface area contributed by atoms with Crippen LogP contribution in [0.3, 0.4) is 0 Å². The Kier molecular flexibility index (Phi) is 3.38. The third-order valence-corrected chi connectivity index (χ3v) is 3.95. The third kappa shape index (κ3) is 2.56. The quantitative estimate of drug-likeness (QED) is 0.909. The number of fused-ring (bicyclic) bond motifs is 1. The molecule has 0 bridgehead atoms. The van der Waals surface area contributed by atoms with Crippen LogP contribution in [0.4, 0.5) is 5.82 Å². The number of nitrogens with zero attached hydrogens (tertiary/aromatic N) is 4. The first-order valence-corrected chi connectivity index (χ1v) is 7.08. The summed E-state index contributed by atoms with van der Waals surface area (Å²) in [6, 6.07) is 5.72. The van der Waals surface area contributed by atoms with Gasteiger partial charge in [-0.3, -0.25) is 0 Å². The minimum Gasteiger partial charge on any atom is -0.384 e. The molecule has 1 aliphatic heterocycles. The summed E-state index contributed by atoms with van der Waals surface area (Å²) >= 11 is 0. The molecule has 1 saturated heterocycles. The Morgan fingerprint density at radius 2 is 2.32 bits per heavy atom. The minimum atomic E-state index is 0.648. The summed E-state index contributed by atoms with van der Waals surface area (Å²) < 4.78 is 1.73. The van der Waals surface area contributed by atoms with Crippen LogP contribution in [0.2, 0.25) is 0 Å². The van der Waals surface area contributed by atoms with Crippen molar-refractivity contribution < 1.29 is 0 Å². The topological polar surface area (TPSA) is 59.5 Å². The van der Waals surface area contributed by atoms with Gasteiger partial charge < -0.3 is 10.6 Å². The van der Waals surface area contributed by atoms with Gasteiger partial charge in [-0.1, -0.05) is 13.0 Å². The molecule has 2 aromatic heterocycles. The number of rotatable bonds is 3. The molecular weight excluding hydrogens is 238 g/mol. The summed E-state index contributed by atoms with van der Waals surface area (Å²) in [6.45, 7) is 5.77. The zero-order chi connectivity index (χ0) is 13.2. The van der Waals surface area contributed by atoms with Crippen molar-refractivity contribution >= 4 is 11.5 Å². The zero-order valence-electron chi connectivity index (χ0n) is 11.4. The molecule has 19 heavy (non-hydrogen) atoms. The van der Waals surface area contributed by atoms with E-state index in [0.717, 1.165) is 24.4 Å². The summed E-state index contributed by atoms with van der Waals surface area (Å²) in [6.07, 6.45) is 3.52. The average Bonchev–Trinajstić information content (AvgIpc) is 2.83. The molecule has 1 aliphatic rings. The Bertz CT molecular complexity index is 562. The molecular formula is C14H21N5. The van der Waals surface area contributed by atoms with Crippen LogP contribution in [-0.2, 0) is 6.42 Å². The number of piperidine rings is 1. The second-order valence-electron chi connectivity index (χ2n) is 5.35. The first-order chi connectivity index (χ1) is 9.26. The van der Waals surface area contributed by atoms with Crippen LogP contribution >= 0.6 is 0 Å². The number of nitrogens with two attached hydrogens (primary N) is 1. The van der Waals surface area contributed by atoms with Crippen molar-refractivity contribution in [2.45, 2.75) is 26.2 Å². The van der Waals surface area contributed by atoms with E-state index in [1.807, 2.05) is 18.2 Å². The van der Waals surface area contributed by atoms with Gasteiger partial charge in [0.1, 0.15) is 5.82 Å². The van der Waals surface area contributed by atoms with Crippen molar-refractivity contribution in [1.29, 1.82) is 0 Å². The standard InChI is InChI=1S/C14H21N5/c1-2-18-8-4-5-11(10-18)9-13-16-14-7-3-6-12(15)19(14)17-13/h3,6-7,11H,2,4-5,8-10,15H2,1H3. The SMILES string of the molecule is CCN1CCCC(Cc2nc3cccc(N)n3n2)C1. The molecule has 0 amide bonds. The lowest BCUT2D eigenvalue weighted by atomic mass is 9.94. The number of nitrogen functional groups attached to an aromatic ring is 1. The fraction of sp³-hybridized carbons (Fsp3) is 0.571. The first-order valence-electron chi connectivity index (χ1n) is 7.08. The second kappa shape index (κ2) is 5.17. The normalized spacial score (nSPS) is 21.0. The van der Waals surface area contributed by atoms with E-state index in [-0.39, 0.29) is 0 Å². The van der Waals surface area contributed by atoms with Gasteiger partial charge in [-0.05, 0) is 44.0 Å². The lowest BCUT2D eigenvalue weighted by Crippen LogP contribution is -2.36. The Hall–Kier alpha value is -1.62. The highest BCUT2D eigenvalue weighted by atomic mass is 15.3. The summed E-state index contributed by atoms with van der Waals surface area (Å²) in [5.41, 5.74) is 6.74. The lowest BCUT2D eigenvalue weighted by Gasteiger charge is -2.31. The average molecular weight is 259 g/mol. The van der Waals surface area contributed by atoms with Crippen LogP contribution in [0.1, 0.15) is 25.6 Å². The van der Waals surface area contributed by atoms with Crippen molar-refractivity contribution in [3.05, 3.63) is 24.0 Å². The molecule has 1 fully saturated rings. The Morgan fingerprint density at radius 1 is 1.42 bits per heavy atom. The lowest BCUT2D eigenvalue weighted by molar-refractivity contribution is 0.181. The van der Waals surface area contributed by atoms with Crippen molar-refractivity contribution in [3.8, 4) is 0 Å². The van der Waals surface area contributed by atoms with E-state index < -0.39 is 0 Å². The highest BCUT2D eigenvalue weighted by Gasteiger charge is 2.20. The smallest absolute Gasteiger partial charge is 0.157 e. The molecule has 0 radical (unpaired) electrons. The molecule has 5 heteroatoms. The molecule has 102 valence electrons. The van der Waals surface area contributed by atoms with Gasteiger partial charge in [0.15, 0.2) is 11.5 Å². The van der Waals surface area contributed by atoms with Gasteiger partial charge in [-0.15, -0.1) is 5.10 Å². The van der Waals surface area contributed by atoms with Crippen LogP contribution in [0.5, 0.6) is 0 Å². The molecule has 1 atom stereocenters. The maximum Gasteiger partial charge on any atom is 0.157 e. The van der Waals surface area contributed by atoms with E-state index >= 15 is 0 Å². The van der Waals surface area contributed by atoms with Gasteiger partial charge in [-0.25, -0.2) is 4.98 Å². The summed E-state index contributed by atoms with van der Waals surface area (Å²) in [5, 5.41) is 4.52. The molecule has 0 saturated carbocycles. The number of pyridine rings is 1. The molecule has 0 spiro atoms. The monoisotopic (exact) mass is 259 g/mol. The van der Waals surface area contributed by atoms with Crippen LogP contribution in [0.25, 0.3) is 5.65 Å². The Morgan fingerprint density at radius 3 is 3.11 bits per heavy atom. The molecule has 3 heterocycles. The van der Waals surface area contributed by atoms with Gasteiger partial charge in [-0.2, -0.15) is 4.52 Å². The van der Waals surface area contributed by atoms with E-state index in [1.165, 1.54) is 25.9 Å². The summed E-state index contributed by atoms with van der Waals surface area (Å²) in [5.74, 6) is 2.24. The fourth-order valence-electron chi connectivity index (χ4n) is 2.92. The van der Waals surface area contributed by atoms with Gasteiger partial charge in [0.25, 0.3) is 0 Å². The van der Waals surface area contributed by atoms with Crippen molar-refractivity contribution in [3.63, 3.8) is 0 Å². The minimum absolute atomic E-state index is 0.648. The molecule has 3 rings (SSSR count). The molecule has 0 aliphatic carbocycles. The third-order valence-electron chi connectivity index (χ3n) is 3.95. The number of aromatic nitrogens is 3. The van der Waals surface area contributed by atoms with Crippen LogP contribution in [-0.4, -0.2) is 39.1 Å². The highest BCUT2D eigenvalue weighted by Crippen LogP contribution is 2.20. The Labute approximate surface area is 113 Å². The van der Waals surface area contributed by atoms with Gasteiger partial charge in [0.05, 0.1) is 0 Å². The maximum absolute atomic E-state index is 5.90. The summed E-state index contributed by atoms with van der Waals surface area (Å²) in [7, 11) is 0. The van der Waals surface area contributed by atoms with Gasteiger partial charge in [0, 0.05) is 13.0 Å². The number of hydrogen-bond donors (Lipinski definition) is 1. The maximum atomic E-state index is 5.90. The number of likely N-dealkylation sites (tertiary alicyclic amines) is 1. The van der Waals surface area contributed by atoms with E-state index in [0.29, 0.717) is 11.7 Å². The predicted molar refractivity (Wildman–Crippen MR) is 75.9 cm³/mol. The van der Waals surface area contributed by atoms with Crippen molar-refractivity contribution in [2.75, 3.05) is 25.4 Å². The van der Waals surface area contributed by atoms with Gasteiger partial charge in [0.2, 0.25) is 0 Å². The van der Waals surface area contributed by atoms with E-state index in [1.54, 1.807) is 4.52 Å². The molecule has 2 N–H and O–H groups in total. The number of anilines is 1. The van der Waals surface area contributed by atoms with Gasteiger partial charge >= 0.3 is 0 Å². The fourth-order valence-corrected chi connectivity index (χ4v) is 2.92. The molecule has 2 aromatic rings. The number of hydrogen-bond acceptors (Lipinski definition) is 4. The summed E-state index contributed by atoms with van der Waals surface area (Å²) in [4.78, 5) is 7.08. The van der Waals surface area contributed by atoms with Crippen molar-refractivity contribution in [2.24, 2.45) is 5.92 Å². The van der Waals surface area contributed by atoms with Crippen LogP contribution in [0, 0.1) is 5.92 Å². The molecule has 1 unspecified atom stereocenters. The largest absolute Gasteiger partial charge is 0.384 e. The highest BCUT2D eigenvalue weighted by molar-refractivity contribution is 5.45. The van der Waals surface area contributed by atoms with E-state index in [2.05, 4.69) is 21.9 Å². The van der Waals surface area contributed by atoms with Crippen molar-refractivity contribution in [1.82, 2.24) is 19.5 Å². The Balaban J connectivity index is 1.76. The predicted octanol–water partition coefficient (Wildman–Crippen LogP) is 1.59. The molecule has 5 nitrogen and oxygen atoms in total. The first kappa shape index (κ1) is 12.4. The van der Waals surface area contributed by atoms with Crippen LogP contribution in [0.15, 0.2) is 18.2 Å². The van der Waals surface area contributed by atoms with E-state index in [4.69, 9.17) is 5.73 Å². The van der Waals surface area contributed by atoms with Crippen LogP contribution < -0.4 is 5.73 Å². The van der Waals surface area contributed by atoms with E-state index in [9.17, 15) is 0 Å².